The predicted molar refractivity (Wildman–Crippen MR) is 152 cm³/mol. The van der Waals surface area contributed by atoms with Crippen molar-refractivity contribution >= 4 is 11.9 Å². The Morgan fingerprint density at radius 2 is 1.05 bits per heavy atom. The van der Waals surface area contributed by atoms with Crippen LogP contribution in [0.4, 0.5) is 17.6 Å². The third-order valence-electron chi connectivity index (χ3n) is 5.05. The average molecular weight is 591 g/mol. The van der Waals surface area contributed by atoms with Gasteiger partial charge in [-0.1, -0.05) is 47.8 Å². The Balaban J connectivity index is 0.00000211. The van der Waals surface area contributed by atoms with Crippen molar-refractivity contribution in [2.45, 2.75) is 53.3 Å². The SMILES string of the molecule is C=CC(=O)Oc1ccc(C(F)(F)Oc2ccc(OC(F)(F)c3ccc(OC(=O)C=C)cc3)c(CC)c2)cc1.CC.CC. The van der Waals surface area contributed by atoms with Crippen molar-refractivity contribution < 1.29 is 46.1 Å². The Morgan fingerprint density at radius 1 is 0.667 bits per heavy atom. The number of benzene rings is 3. The lowest BCUT2D eigenvalue weighted by Crippen LogP contribution is -2.23. The zero-order valence-electron chi connectivity index (χ0n) is 24.1. The molecular formula is C32H34F4O6. The van der Waals surface area contributed by atoms with E-state index in [1.165, 1.54) is 30.3 Å². The summed E-state index contributed by atoms with van der Waals surface area (Å²) < 4.78 is 78.6. The molecule has 0 saturated carbocycles. The lowest BCUT2D eigenvalue weighted by atomic mass is 10.1. The summed E-state index contributed by atoms with van der Waals surface area (Å²) >= 11 is 0. The van der Waals surface area contributed by atoms with E-state index in [-0.39, 0.29) is 35.0 Å². The number of alkyl halides is 4. The van der Waals surface area contributed by atoms with Crippen molar-refractivity contribution in [1.82, 2.24) is 0 Å². The van der Waals surface area contributed by atoms with Gasteiger partial charge in [0, 0.05) is 12.2 Å². The molecule has 0 aliphatic carbocycles. The highest BCUT2D eigenvalue weighted by Crippen LogP contribution is 2.38. The maximum Gasteiger partial charge on any atom is 0.426 e. The van der Waals surface area contributed by atoms with Crippen molar-refractivity contribution in [3.05, 3.63) is 109 Å². The standard InChI is InChI=1S/C28H22F4O6.2C2H6/c1-4-18-17-23(37-27(29,30)19-7-11-21(12-8-19)35-25(33)5-2)15-16-24(18)38-28(31,32)20-9-13-22(14-10-20)36-26(34)6-3;2*1-2/h5-17H,2-4H2,1H3;2*1-2H3. The number of halogens is 4. The number of ether oxygens (including phenoxy) is 4. The van der Waals surface area contributed by atoms with Crippen LogP contribution in [0.5, 0.6) is 23.0 Å². The van der Waals surface area contributed by atoms with Crippen LogP contribution in [0.2, 0.25) is 0 Å². The van der Waals surface area contributed by atoms with Gasteiger partial charge in [0.1, 0.15) is 23.0 Å². The van der Waals surface area contributed by atoms with E-state index >= 15 is 0 Å². The number of carbonyl (C=O) groups is 2. The number of aryl methyl sites for hydroxylation is 1. The van der Waals surface area contributed by atoms with E-state index in [1.807, 2.05) is 27.7 Å². The molecule has 0 saturated heterocycles. The van der Waals surface area contributed by atoms with Crippen molar-refractivity contribution in [1.29, 1.82) is 0 Å². The lowest BCUT2D eigenvalue weighted by Gasteiger charge is -2.22. The van der Waals surface area contributed by atoms with E-state index in [0.717, 1.165) is 48.6 Å². The second-order valence-electron chi connectivity index (χ2n) is 7.66. The minimum absolute atomic E-state index is 0.0394. The fourth-order valence-corrected chi connectivity index (χ4v) is 3.15. The fourth-order valence-electron chi connectivity index (χ4n) is 3.15. The van der Waals surface area contributed by atoms with Crippen molar-refractivity contribution in [2.75, 3.05) is 0 Å². The van der Waals surface area contributed by atoms with E-state index in [9.17, 15) is 27.2 Å². The summed E-state index contributed by atoms with van der Waals surface area (Å²) in [6.45, 7) is 16.1. The van der Waals surface area contributed by atoms with E-state index in [0.29, 0.717) is 0 Å². The molecule has 0 bridgehead atoms. The second-order valence-corrected chi connectivity index (χ2v) is 7.66. The highest BCUT2D eigenvalue weighted by atomic mass is 19.3. The first kappa shape index (κ1) is 35.4. The Morgan fingerprint density at radius 3 is 1.43 bits per heavy atom. The van der Waals surface area contributed by atoms with Gasteiger partial charge in [-0.05, 0) is 78.7 Å². The van der Waals surface area contributed by atoms with E-state index in [1.54, 1.807) is 6.92 Å². The van der Waals surface area contributed by atoms with Gasteiger partial charge in [0.05, 0.1) is 11.1 Å². The van der Waals surface area contributed by atoms with Gasteiger partial charge in [0.25, 0.3) is 0 Å². The summed E-state index contributed by atoms with van der Waals surface area (Å²) in [5, 5.41) is 0. The molecule has 10 heteroatoms. The van der Waals surface area contributed by atoms with Gasteiger partial charge in [0.2, 0.25) is 0 Å². The first-order valence-electron chi connectivity index (χ1n) is 13.1. The summed E-state index contributed by atoms with van der Waals surface area (Å²) in [7, 11) is 0. The van der Waals surface area contributed by atoms with Crippen molar-refractivity contribution in [2.24, 2.45) is 0 Å². The van der Waals surface area contributed by atoms with Crippen LogP contribution in [0.15, 0.2) is 92.0 Å². The molecule has 3 rings (SSSR count). The molecule has 0 aliphatic heterocycles. The van der Waals surface area contributed by atoms with Crippen LogP contribution in [0.3, 0.4) is 0 Å². The van der Waals surface area contributed by atoms with Gasteiger partial charge in [-0.3, -0.25) is 0 Å². The topological polar surface area (TPSA) is 71.1 Å². The van der Waals surface area contributed by atoms with E-state index < -0.39 is 35.3 Å². The maximum absolute atomic E-state index is 14.8. The molecule has 42 heavy (non-hydrogen) atoms. The van der Waals surface area contributed by atoms with Crippen LogP contribution in [-0.2, 0) is 28.2 Å². The van der Waals surface area contributed by atoms with Crippen LogP contribution in [0.25, 0.3) is 0 Å². The first-order chi connectivity index (χ1) is 20.0. The molecule has 0 atom stereocenters. The maximum atomic E-state index is 14.8. The predicted octanol–water partition coefficient (Wildman–Crippen LogP) is 8.74. The smallest absolute Gasteiger partial charge is 0.426 e. The number of esters is 2. The zero-order chi connectivity index (χ0) is 31.9. The van der Waals surface area contributed by atoms with Crippen LogP contribution in [0.1, 0.15) is 51.3 Å². The number of carbonyl (C=O) groups excluding carboxylic acids is 2. The zero-order valence-corrected chi connectivity index (χ0v) is 24.1. The monoisotopic (exact) mass is 590 g/mol. The molecule has 3 aromatic carbocycles. The third-order valence-corrected chi connectivity index (χ3v) is 5.05. The summed E-state index contributed by atoms with van der Waals surface area (Å²) in [5.74, 6) is -1.92. The minimum atomic E-state index is -3.78. The molecule has 0 aromatic heterocycles. The molecule has 0 N–H and O–H groups in total. The Kier molecular flexibility index (Phi) is 14.0. The van der Waals surface area contributed by atoms with Gasteiger partial charge < -0.3 is 18.9 Å². The molecule has 0 amide bonds. The molecule has 6 nitrogen and oxygen atoms in total. The Bertz CT molecular complexity index is 1320. The third kappa shape index (κ3) is 10.1. The Hall–Kier alpha value is -4.60. The molecular weight excluding hydrogens is 556 g/mol. The second kappa shape index (κ2) is 16.6. The number of hydrogen-bond donors (Lipinski definition) is 0. The normalized spacial score (nSPS) is 10.5. The summed E-state index contributed by atoms with van der Waals surface area (Å²) in [5.41, 5.74) is -0.851. The molecule has 0 spiro atoms. The van der Waals surface area contributed by atoms with Gasteiger partial charge >= 0.3 is 24.2 Å². The van der Waals surface area contributed by atoms with Crippen molar-refractivity contribution in [3.8, 4) is 23.0 Å². The quantitative estimate of drug-likeness (QED) is 0.0963. The summed E-state index contributed by atoms with van der Waals surface area (Å²) in [4.78, 5) is 22.5. The van der Waals surface area contributed by atoms with Gasteiger partial charge in [-0.2, -0.15) is 17.6 Å². The van der Waals surface area contributed by atoms with E-state index in [4.69, 9.17) is 18.9 Å². The van der Waals surface area contributed by atoms with Crippen LogP contribution < -0.4 is 18.9 Å². The van der Waals surface area contributed by atoms with Gasteiger partial charge in [-0.25, -0.2) is 9.59 Å². The van der Waals surface area contributed by atoms with Crippen LogP contribution in [-0.4, -0.2) is 11.9 Å². The number of hydrogen-bond acceptors (Lipinski definition) is 6. The Labute approximate surface area is 243 Å². The molecule has 0 unspecified atom stereocenters. The van der Waals surface area contributed by atoms with Crippen molar-refractivity contribution in [3.63, 3.8) is 0 Å². The molecule has 0 radical (unpaired) electrons. The molecule has 3 aromatic rings. The van der Waals surface area contributed by atoms with Crippen LogP contribution in [0, 0.1) is 0 Å². The fraction of sp³-hybridized carbons (Fsp3) is 0.250. The first-order valence-corrected chi connectivity index (χ1v) is 13.1. The number of rotatable bonds is 11. The van der Waals surface area contributed by atoms with E-state index in [2.05, 4.69) is 13.2 Å². The lowest BCUT2D eigenvalue weighted by molar-refractivity contribution is -0.188. The highest BCUT2D eigenvalue weighted by Gasteiger charge is 2.37. The van der Waals surface area contributed by atoms with Gasteiger partial charge in [0.15, 0.2) is 0 Å². The average Bonchev–Trinajstić information content (AvgIpc) is 3.00. The largest absolute Gasteiger partial charge is 0.429 e. The molecule has 226 valence electrons. The minimum Gasteiger partial charge on any atom is -0.429 e. The van der Waals surface area contributed by atoms with Gasteiger partial charge in [-0.15, -0.1) is 0 Å². The molecule has 0 aliphatic rings. The summed E-state index contributed by atoms with van der Waals surface area (Å²) in [6, 6.07) is 12.1. The molecule has 0 heterocycles. The van der Waals surface area contributed by atoms with Crippen LogP contribution >= 0.6 is 0 Å². The molecule has 0 fully saturated rings. The highest BCUT2D eigenvalue weighted by molar-refractivity contribution is 5.83. The summed E-state index contributed by atoms with van der Waals surface area (Å²) in [6.07, 6.45) is -5.53.